The maximum atomic E-state index is 13.4. The highest BCUT2D eigenvalue weighted by Gasteiger charge is 2.63. The maximum absolute atomic E-state index is 13.4. The molecule has 2 atom stereocenters. The van der Waals surface area contributed by atoms with Crippen molar-refractivity contribution in [2.75, 3.05) is 11.9 Å². The van der Waals surface area contributed by atoms with Crippen LogP contribution in [0.5, 0.6) is 0 Å². The van der Waals surface area contributed by atoms with Crippen molar-refractivity contribution in [1.29, 1.82) is 0 Å². The Hall–Kier alpha value is -4.26. The van der Waals surface area contributed by atoms with Crippen molar-refractivity contribution < 1.29 is 19.2 Å². The first kappa shape index (κ1) is 31.2. The van der Waals surface area contributed by atoms with Crippen molar-refractivity contribution in [2.45, 2.75) is 76.9 Å². The number of pyridine rings is 1. The monoisotopic (exact) mass is 621 g/mol. The van der Waals surface area contributed by atoms with Crippen molar-refractivity contribution >= 4 is 45.6 Å². The molecule has 4 amide bonds. The molecule has 3 aromatic heterocycles. The molecular weight excluding hydrogens is 582 g/mol. The van der Waals surface area contributed by atoms with Gasteiger partial charge in [0.1, 0.15) is 24.0 Å². The molecule has 2 bridgehead atoms. The van der Waals surface area contributed by atoms with Crippen molar-refractivity contribution in [3.05, 3.63) is 64.3 Å². The predicted molar refractivity (Wildman–Crippen MR) is 167 cm³/mol. The van der Waals surface area contributed by atoms with Gasteiger partial charge in [0.05, 0.1) is 0 Å². The van der Waals surface area contributed by atoms with Crippen LogP contribution in [0.4, 0.5) is 5.69 Å². The summed E-state index contributed by atoms with van der Waals surface area (Å²) in [5.74, 6) is -0.469. The summed E-state index contributed by atoms with van der Waals surface area (Å²) in [6.45, 7) is 4.65. The van der Waals surface area contributed by atoms with E-state index < -0.39 is 23.4 Å². The molecule has 3 fully saturated rings. The minimum absolute atomic E-state index is 0.00654. The number of carbonyl (C=O) groups is 4. The lowest BCUT2D eigenvalue weighted by Crippen LogP contribution is -2.74. The molecule has 0 radical (unpaired) electrons. The van der Waals surface area contributed by atoms with Crippen LogP contribution in [-0.4, -0.2) is 55.7 Å². The van der Waals surface area contributed by atoms with Crippen molar-refractivity contribution in [3.8, 4) is 0 Å². The van der Waals surface area contributed by atoms with Gasteiger partial charge in [-0.05, 0) is 62.1 Å². The third-order valence-electron chi connectivity index (χ3n) is 8.73. The highest BCUT2D eigenvalue weighted by molar-refractivity contribution is 7.15. The van der Waals surface area contributed by atoms with Gasteiger partial charge in [-0.1, -0.05) is 32.8 Å². The first-order valence-electron chi connectivity index (χ1n) is 15.2. The van der Waals surface area contributed by atoms with E-state index in [9.17, 15) is 24.0 Å². The molecule has 0 aromatic carbocycles. The molecule has 3 heterocycles. The second-order valence-electron chi connectivity index (χ2n) is 11.7. The highest BCUT2D eigenvalue weighted by atomic mass is 32.1. The number of hydrogen-bond donors (Lipinski definition) is 4. The van der Waals surface area contributed by atoms with Gasteiger partial charge in [0.25, 0.3) is 11.5 Å². The summed E-state index contributed by atoms with van der Waals surface area (Å²) in [6.07, 6.45) is 13.4. The fraction of sp³-hybridized carbons (Fsp3) is 0.484. The Kier molecular flexibility index (Phi) is 9.62. The normalized spacial score (nSPS) is 20.9. The number of rotatable bonds is 15. The number of anilines is 1. The largest absolute Gasteiger partial charge is 0.353 e. The summed E-state index contributed by atoms with van der Waals surface area (Å²) in [5, 5.41) is 13.1. The average Bonchev–Trinajstić information content (AvgIpc) is 3.60. The van der Waals surface area contributed by atoms with E-state index in [0.29, 0.717) is 29.8 Å². The van der Waals surface area contributed by atoms with E-state index in [4.69, 9.17) is 0 Å². The smallest absolute Gasteiger partial charge is 0.274 e. The number of allylic oxidation sites excluding steroid dienone is 1. The third-order valence-corrected chi connectivity index (χ3v) is 9.50. The summed E-state index contributed by atoms with van der Waals surface area (Å²) in [4.78, 5) is 69.4. The van der Waals surface area contributed by atoms with Crippen LogP contribution in [0.25, 0.3) is 4.96 Å². The van der Waals surface area contributed by atoms with Crippen LogP contribution in [0, 0.1) is 11.8 Å². The number of unbranched alkanes of at least 4 members (excludes halogenated alkanes) is 2. The topological polar surface area (TPSA) is 156 Å². The molecular formula is C31H39N7O5S. The number of imidazole rings is 1. The first-order valence-corrected chi connectivity index (χ1v) is 16.1. The lowest BCUT2D eigenvalue weighted by Gasteiger charge is -2.67. The minimum atomic E-state index is -1.03. The molecule has 13 heteroatoms. The van der Waals surface area contributed by atoms with Crippen molar-refractivity contribution in [1.82, 2.24) is 29.9 Å². The number of nitrogens with zero attached hydrogens (tertiary/aromatic N) is 3. The number of fused-ring (bicyclic) bond motifs is 1. The zero-order chi connectivity index (χ0) is 31.3. The lowest BCUT2D eigenvalue weighted by atomic mass is 9.43. The number of thiazole rings is 1. The Bertz CT molecular complexity index is 1590. The van der Waals surface area contributed by atoms with Gasteiger partial charge in [0, 0.05) is 36.1 Å². The van der Waals surface area contributed by atoms with E-state index in [0.717, 1.165) is 32.1 Å². The molecule has 0 unspecified atom stereocenters. The lowest BCUT2D eigenvalue weighted by molar-refractivity contribution is -0.151. The number of amides is 4. The molecule has 3 saturated carbocycles. The number of nitrogens with one attached hydrogen (secondary N) is 4. The Morgan fingerprint density at radius 1 is 1.20 bits per heavy atom. The zero-order valence-corrected chi connectivity index (χ0v) is 25.8. The zero-order valence-electron chi connectivity index (χ0n) is 25.0. The number of carbonyl (C=O) groups excluding carboxylic acids is 4. The first-order chi connectivity index (χ1) is 21.2. The molecule has 0 aliphatic heterocycles. The molecule has 3 aliphatic rings. The molecule has 0 spiro atoms. The Labute approximate surface area is 259 Å². The summed E-state index contributed by atoms with van der Waals surface area (Å²) in [6, 6.07) is 2.02. The highest BCUT2D eigenvalue weighted by Crippen LogP contribution is 2.61. The standard InChI is InChI=1S/C31H39N7O5S/c1-3-4-7-12-32-25(39)11-6-5-9-22(33-28(42)24-18-38-14-15-44-30(38)35-24)27(41)34-23-10-8-13-37(29(23)43)19-26(40)36-31-16-21(17-31)20(31)2/h6,8,10-11,13-15,18,20-22H,3-5,7,9,12,16-17,19H2,1-2H3,(H,32,39)(H,33,42)(H,34,41)(H,36,40)/b11-6+/t20-,21?,22-,31?/m0/s1. The van der Waals surface area contributed by atoms with Gasteiger partial charge in [0.2, 0.25) is 17.7 Å². The van der Waals surface area contributed by atoms with Gasteiger partial charge >= 0.3 is 0 Å². The molecule has 12 nitrogen and oxygen atoms in total. The van der Waals surface area contributed by atoms with E-state index >= 15 is 0 Å². The Balaban J connectivity index is 1.22. The van der Waals surface area contributed by atoms with Crippen LogP contribution in [0.15, 0.2) is 53.0 Å². The van der Waals surface area contributed by atoms with Crippen LogP contribution in [-0.2, 0) is 20.9 Å². The average molecular weight is 622 g/mol. The van der Waals surface area contributed by atoms with Gasteiger partial charge in [-0.3, -0.25) is 28.4 Å². The van der Waals surface area contributed by atoms with Crippen molar-refractivity contribution in [3.63, 3.8) is 0 Å². The second-order valence-corrected chi connectivity index (χ2v) is 12.6. The molecule has 6 rings (SSSR count). The molecule has 4 N–H and O–H groups in total. The molecule has 0 saturated heterocycles. The third kappa shape index (κ3) is 6.93. The van der Waals surface area contributed by atoms with E-state index in [1.807, 2.05) is 5.38 Å². The quantitative estimate of drug-likeness (QED) is 0.151. The minimum Gasteiger partial charge on any atom is -0.353 e. The second kappa shape index (κ2) is 13.6. The van der Waals surface area contributed by atoms with Crippen molar-refractivity contribution in [2.24, 2.45) is 11.8 Å². The van der Waals surface area contributed by atoms with Gasteiger partial charge in [-0.2, -0.15) is 0 Å². The van der Waals surface area contributed by atoms with Gasteiger partial charge in [0.15, 0.2) is 4.96 Å². The summed E-state index contributed by atoms with van der Waals surface area (Å²) in [7, 11) is 0. The summed E-state index contributed by atoms with van der Waals surface area (Å²) in [5.41, 5.74) is -0.520. The molecule has 3 aromatic rings. The fourth-order valence-electron chi connectivity index (χ4n) is 5.83. The van der Waals surface area contributed by atoms with Gasteiger partial charge < -0.3 is 25.8 Å². The molecule has 3 aliphatic carbocycles. The Morgan fingerprint density at radius 2 is 2.02 bits per heavy atom. The van der Waals surface area contributed by atoms with E-state index in [2.05, 4.69) is 40.1 Å². The van der Waals surface area contributed by atoms with Crippen LogP contribution in [0.1, 0.15) is 69.3 Å². The number of hydrogen-bond acceptors (Lipinski definition) is 7. The molecule has 44 heavy (non-hydrogen) atoms. The summed E-state index contributed by atoms with van der Waals surface area (Å²) >= 11 is 1.38. The Morgan fingerprint density at radius 3 is 2.73 bits per heavy atom. The number of aromatic nitrogens is 3. The predicted octanol–water partition coefficient (Wildman–Crippen LogP) is 2.85. The van der Waals surface area contributed by atoms with Crippen LogP contribution in [0.3, 0.4) is 0 Å². The van der Waals surface area contributed by atoms with E-state index in [-0.39, 0.29) is 41.7 Å². The molecule has 234 valence electrons. The maximum Gasteiger partial charge on any atom is 0.274 e. The van der Waals surface area contributed by atoms with Crippen LogP contribution < -0.4 is 26.8 Å². The van der Waals surface area contributed by atoms with E-state index in [1.165, 1.54) is 34.2 Å². The van der Waals surface area contributed by atoms with Crippen LogP contribution in [0.2, 0.25) is 0 Å². The van der Waals surface area contributed by atoms with E-state index in [1.54, 1.807) is 28.9 Å². The van der Waals surface area contributed by atoms with Crippen LogP contribution >= 0.6 is 11.3 Å². The summed E-state index contributed by atoms with van der Waals surface area (Å²) < 4.78 is 2.97. The van der Waals surface area contributed by atoms with Gasteiger partial charge in [-0.25, -0.2) is 4.98 Å². The van der Waals surface area contributed by atoms with Gasteiger partial charge in [-0.15, -0.1) is 11.3 Å². The SMILES string of the molecule is CCCCCNC(=O)/C=C/CC[C@H](NC(=O)c1cn2ccsc2n1)C(=O)Nc1cccn(CC(=O)NC23CC(C2)[C@@H]3C)c1=O. The fourth-order valence-corrected chi connectivity index (χ4v) is 6.53.